The van der Waals surface area contributed by atoms with Gasteiger partial charge in [0.25, 0.3) is 0 Å². The van der Waals surface area contributed by atoms with Crippen molar-refractivity contribution >= 4 is 17.5 Å². The first-order valence-electron chi connectivity index (χ1n) is 8.00. The largest absolute Gasteiger partial charge is 0.439 e. The standard InChI is InChI=1S/C16H20FN3O3/c17-13-9-12(1-2-14(13)19-5-7-22-8-6-19)20-11-16(23-15(20)21)3-4-18-10-16/h1-2,9,18H,3-8,10-11H2. The van der Waals surface area contributed by atoms with Crippen LogP contribution in [0.25, 0.3) is 0 Å². The minimum absolute atomic E-state index is 0.317. The number of hydrogen-bond acceptors (Lipinski definition) is 5. The van der Waals surface area contributed by atoms with Crippen molar-refractivity contribution in [3.05, 3.63) is 24.0 Å². The monoisotopic (exact) mass is 321 g/mol. The molecule has 3 aliphatic rings. The van der Waals surface area contributed by atoms with E-state index in [0.29, 0.717) is 50.8 Å². The van der Waals surface area contributed by atoms with E-state index in [2.05, 4.69) is 5.32 Å². The summed E-state index contributed by atoms with van der Waals surface area (Å²) in [5.74, 6) is -0.317. The normalized spacial score (nSPS) is 27.8. The van der Waals surface area contributed by atoms with E-state index in [0.717, 1.165) is 13.0 Å². The number of amides is 1. The number of morpholine rings is 1. The summed E-state index contributed by atoms with van der Waals surface area (Å²) < 4.78 is 25.3. The molecule has 1 amide bonds. The van der Waals surface area contributed by atoms with Crippen molar-refractivity contribution in [1.82, 2.24) is 5.32 Å². The highest BCUT2D eigenvalue weighted by molar-refractivity contribution is 5.90. The van der Waals surface area contributed by atoms with E-state index in [1.54, 1.807) is 12.1 Å². The number of anilines is 2. The number of benzene rings is 1. The fraction of sp³-hybridized carbons (Fsp3) is 0.562. The third kappa shape index (κ3) is 2.64. The molecule has 0 aliphatic carbocycles. The zero-order valence-corrected chi connectivity index (χ0v) is 12.9. The molecular weight excluding hydrogens is 301 g/mol. The molecule has 1 aromatic carbocycles. The molecule has 1 unspecified atom stereocenters. The van der Waals surface area contributed by atoms with Crippen LogP contribution in [0.2, 0.25) is 0 Å². The van der Waals surface area contributed by atoms with Crippen molar-refractivity contribution in [3.8, 4) is 0 Å². The second kappa shape index (κ2) is 5.65. The van der Waals surface area contributed by atoms with Gasteiger partial charge >= 0.3 is 6.09 Å². The Kier molecular flexibility index (Phi) is 3.61. The first kappa shape index (κ1) is 14.7. The lowest BCUT2D eigenvalue weighted by Crippen LogP contribution is -2.37. The highest BCUT2D eigenvalue weighted by atomic mass is 19.1. The molecule has 7 heteroatoms. The number of hydrogen-bond donors (Lipinski definition) is 1. The Bertz CT molecular complexity index is 613. The molecule has 4 rings (SSSR count). The van der Waals surface area contributed by atoms with Crippen molar-refractivity contribution in [2.75, 3.05) is 55.7 Å². The summed E-state index contributed by atoms with van der Waals surface area (Å²) in [7, 11) is 0. The average Bonchev–Trinajstić information content (AvgIpc) is 3.15. The van der Waals surface area contributed by atoms with Crippen molar-refractivity contribution in [3.63, 3.8) is 0 Å². The SMILES string of the molecule is O=C1OC2(CCNC2)CN1c1ccc(N2CCOCC2)c(F)c1. The average molecular weight is 321 g/mol. The van der Waals surface area contributed by atoms with Crippen LogP contribution in [0.3, 0.4) is 0 Å². The number of rotatable bonds is 2. The zero-order valence-electron chi connectivity index (χ0n) is 12.9. The highest BCUT2D eigenvalue weighted by Crippen LogP contribution is 2.34. The Hall–Kier alpha value is -1.86. The molecule has 0 radical (unpaired) electrons. The third-order valence-electron chi connectivity index (χ3n) is 4.77. The molecule has 1 spiro atoms. The van der Waals surface area contributed by atoms with E-state index in [1.165, 1.54) is 11.0 Å². The maximum Gasteiger partial charge on any atom is 0.415 e. The number of ether oxygens (including phenoxy) is 2. The van der Waals surface area contributed by atoms with Gasteiger partial charge in [0.15, 0.2) is 0 Å². The summed E-state index contributed by atoms with van der Waals surface area (Å²) in [5.41, 5.74) is 0.645. The van der Waals surface area contributed by atoms with Crippen molar-refractivity contribution in [2.45, 2.75) is 12.0 Å². The van der Waals surface area contributed by atoms with Gasteiger partial charge in [-0.1, -0.05) is 0 Å². The van der Waals surface area contributed by atoms with Crippen LogP contribution < -0.4 is 15.1 Å². The summed E-state index contributed by atoms with van der Waals surface area (Å²) in [6.45, 7) is 4.53. The molecule has 0 aromatic heterocycles. The summed E-state index contributed by atoms with van der Waals surface area (Å²) in [5, 5.41) is 3.21. The molecule has 3 saturated heterocycles. The molecule has 23 heavy (non-hydrogen) atoms. The van der Waals surface area contributed by atoms with Gasteiger partial charge < -0.3 is 19.7 Å². The minimum Gasteiger partial charge on any atom is -0.439 e. The quantitative estimate of drug-likeness (QED) is 0.891. The van der Waals surface area contributed by atoms with Crippen LogP contribution in [0.15, 0.2) is 18.2 Å². The lowest BCUT2D eigenvalue weighted by Gasteiger charge is -2.29. The molecule has 1 atom stereocenters. The second-order valence-corrected chi connectivity index (χ2v) is 6.30. The summed E-state index contributed by atoms with van der Waals surface area (Å²) in [6, 6.07) is 4.95. The molecule has 1 N–H and O–H groups in total. The van der Waals surface area contributed by atoms with Gasteiger partial charge in [-0.05, 0) is 24.7 Å². The summed E-state index contributed by atoms with van der Waals surface area (Å²) >= 11 is 0. The van der Waals surface area contributed by atoms with Crippen LogP contribution in [0.4, 0.5) is 20.6 Å². The molecule has 3 fully saturated rings. The molecule has 0 bridgehead atoms. The smallest absolute Gasteiger partial charge is 0.415 e. The lowest BCUT2D eigenvalue weighted by molar-refractivity contribution is 0.0733. The van der Waals surface area contributed by atoms with Crippen LogP contribution in [0, 0.1) is 5.82 Å². The minimum atomic E-state index is -0.462. The predicted molar refractivity (Wildman–Crippen MR) is 83.5 cm³/mol. The topological polar surface area (TPSA) is 54.0 Å². The number of nitrogens with one attached hydrogen (secondary N) is 1. The van der Waals surface area contributed by atoms with Gasteiger partial charge in [0.05, 0.1) is 31.1 Å². The van der Waals surface area contributed by atoms with Crippen molar-refractivity contribution in [2.24, 2.45) is 0 Å². The fourth-order valence-corrected chi connectivity index (χ4v) is 3.49. The maximum atomic E-state index is 14.5. The van der Waals surface area contributed by atoms with E-state index in [9.17, 15) is 9.18 Å². The van der Waals surface area contributed by atoms with Gasteiger partial charge in [-0.2, -0.15) is 0 Å². The highest BCUT2D eigenvalue weighted by Gasteiger charge is 2.47. The second-order valence-electron chi connectivity index (χ2n) is 6.30. The van der Waals surface area contributed by atoms with E-state index in [4.69, 9.17) is 9.47 Å². The molecule has 0 saturated carbocycles. The maximum absolute atomic E-state index is 14.5. The molecule has 124 valence electrons. The molecule has 6 nitrogen and oxygen atoms in total. The van der Waals surface area contributed by atoms with Crippen molar-refractivity contribution in [1.29, 1.82) is 0 Å². The molecule has 1 aromatic rings. The van der Waals surface area contributed by atoms with Gasteiger partial charge in [0, 0.05) is 26.1 Å². The third-order valence-corrected chi connectivity index (χ3v) is 4.77. The lowest BCUT2D eigenvalue weighted by atomic mass is 10.0. The Morgan fingerprint density at radius 3 is 2.78 bits per heavy atom. The summed E-state index contributed by atoms with van der Waals surface area (Å²) in [6.07, 6.45) is 0.399. The van der Waals surface area contributed by atoms with Gasteiger partial charge in [0.2, 0.25) is 0 Å². The van der Waals surface area contributed by atoms with Crippen LogP contribution in [-0.2, 0) is 9.47 Å². The molecule has 3 aliphatic heterocycles. The Morgan fingerprint density at radius 2 is 2.09 bits per heavy atom. The number of nitrogens with zero attached hydrogens (tertiary/aromatic N) is 2. The molecular formula is C16H20FN3O3. The Balaban J connectivity index is 1.55. The van der Waals surface area contributed by atoms with E-state index in [1.807, 2.05) is 4.90 Å². The van der Waals surface area contributed by atoms with E-state index < -0.39 is 11.7 Å². The van der Waals surface area contributed by atoms with Crippen molar-refractivity contribution < 1.29 is 18.7 Å². The van der Waals surface area contributed by atoms with Gasteiger partial charge in [-0.3, -0.25) is 4.90 Å². The van der Waals surface area contributed by atoms with E-state index >= 15 is 0 Å². The van der Waals surface area contributed by atoms with Crippen LogP contribution >= 0.6 is 0 Å². The predicted octanol–water partition coefficient (Wildman–Crippen LogP) is 1.35. The van der Waals surface area contributed by atoms with Crippen LogP contribution in [-0.4, -0.2) is 57.6 Å². The number of carbonyl (C=O) groups is 1. The zero-order chi connectivity index (χ0) is 15.9. The van der Waals surface area contributed by atoms with E-state index in [-0.39, 0.29) is 5.82 Å². The van der Waals surface area contributed by atoms with Gasteiger partial charge in [-0.15, -0.1) is 0 Å². The molecule has 3 heterocycles. The van der Waals surface area contributed by atoms with Crippen LogP contribution in [0.1, 0.15) is 6.42 Å². The summed E-state index contributed by atoms with van der Waals surface area (Å²) in [4.78, 5) is 15.7. The van der Waals surface area contributed by atoms with Gasteiger partial charge in [0.1, 0.15) is 11.4 Å². The number of carbonyl (C=O) groups excluding carboxylic acids is 1. The van der Waals surface area contributed by atoms with Gasteiger partial charge in [-0.25, -0.2) is 9.18 Å². The Morgan fingerprint density at radius 1 is 1.26 bits per heavy atom. The number of halogens is 1. The first-order valence-corrected chi connectivity index (χ1v) is 8.00. The van der Waals surface area contributed by atoms with Crippen LogP contribution in [0.5, 0.6) is 0 Å². The first-order chi connectivity index (χ1) is 11.2. The fourth-order valence-electron chi connectivity index (χ4n) is 3.49. The Labute approximate surface area is 134 Å².